The fourth-order valence-corrected chi connectivity index (χ4v) is 1.91. The van der Waals surface area contributed by atoms with E-state index in [1.54, 1.807) is 0 Å². The van der Waals surface area contributed by atoms with Crippen LogP contribution in [0.5, 0.6) is 0 Å². The summed E-state index contributed by atoms with van der Waals surface area (Å²) in [5, 5.41) is 1.65. The molecule has 78 valence electrons. The highest BCUT2D eigenvalue weighted by molar-refractivity contribution is 6.30. The first kappa shape index (κ1) is 10.4. The molecular formula is C12H13ClN2. The molecule has 2 N–H and O–H groups in total. The summed E-state index contributed by atoms with van der Waals surface area (Å²) in [4.78, 5) is 4.39. The van der Waals surface area contributed by atoms with Gasteiger partial charge in [0.15, 0.2) is 0 Å². The van der Waals surface area contributed by atoms with E-state index >= 15 is 0 Å². The standard InChI is InChI=1S/C12H13ClN2/c1-7-3-4-8(2)11-10(7)5-9(6-14)12(13)15-11/h3-5H,6,14H2,1-2H3. The number of rotatable bonds is 1. The molecule has 0 radical (unpaired) electrons. The van der Waals surface area contributed by atoms with Crippen LogP contribution < -0.4 is 5.73 Å². The molecule has 2 rings (SSSR count). The Kier molecular flexibility index (Phi) is 2.63. The maximum Gasteiger partial charge on any atom is 0.134 e. The van der Waals surface area contributed by atoms with Gasteiger partial charge in [0.25, 0.3) is 0 Å². The summed E-state index contributed by atoms with van der Waals surface area (Å²) in [7, 11) is 0. The molecule has 0 aliphatic rings. The van der Waals surface area contributed by atoms with Gasteiger partial charge in [-0.1, -0.05) is 23.7 Å². The lowest BCUT2D eigenvalue weighted by Crippen LogP contribution is -2.00. The lowest BCUT2D eigenvalue weighted by Gasteiger charge is -2.08. The van der Waals surface area contributed by atoms with Crippen LogP contribution in [0.25, 0.3) is 10.9 Å². The third-order valence-electron chi connectivity index (χ3n) is 2.65. The summed E-state index contributed by atoms with van der Waals surface area (Å²) in [6.45, 7) is 4.53. The second-order valence-corrected chi connectivity index (χ2v) is 4.10. The largest absolute Gasteiger partial charge is 0.326 e. The molecule has 1 aromatic carbocycles. The Balaban J connectivity index is 2.86. The van der Waals surface area contributed by atoms with Gasteiger partial charge in [-0.25, -0.2) is 4.98 Å². The van der Waals surface area contributed by atoms with Crippen molar-refractivity contribution in [2.24, 2.45) is 5.73 Å². The zero-order valence-electron chi connectivity index (χ0n) is 8.84. The monoisotopic (exact) mass is 220 g/mol. The number of pyridine rings is 1. The van der Waals surface area contributed by atoms with Gasteiger partial charge >= 0.3 is 0 Å². The molecule has 2 aromatic rings. The van der Waals surface area contributed by atoms with Gasteiger partial charge in [0.1, 0.15) is 5.15 Å². The van der Waals surface area contributed by atoms with Gasteiger partial charge in [-0.15, -0.1) is 0 Å². The number of aryl methyl sites for hydroxylation is 2. The van der Waals surface area contributed by atoms with Crippen LogP contribution in [-0.2, 0) is 6.54 Å². The summed E-state index contributed by atoms with van der Waals surface area (Å²) in [6, 6.07) is 6.18. The molecular weight excluding hydrogens is 208 g/mol. The van der Waals surface area contributed by atoms with Gasteiger partial charge < -0.3 is 5.73 Å². The molecule has 1 heterocycles. The predicted molar refractivity (Wildman–Crippen MR) is 64.1 cm³/mol. The van der Waals surface area contributed by atoms with E-state index in [0.717, 1.165) is 22.0 Å². The highest BCUT2D eigenvalue weighted by atomic mass is 35.5. The van der Waals surface area contributed by atoms with E-state index in [0.29, 0.717) is 11.7 Å². The summed E-state index contributed by atoms with van der Waals surface area (Å²) in [5.74, 6) is 0. The van der Waals surface area contributed by atoms with Crippen LogP contribution in [0.1, 0.15) is 16.7 Å². The summed E-state index contributed by atoms with van der Waals surface area (Å²) in [6.07, 6.45) is 0. The Morgan fingerprint density at radius 3 is 2.60 bits per heavy atom. The Bertz CT molecular complexity index is 521. The second kappa shape index (κ2) is 3.80. The number of nitrogens with zero attached hydrogens (tertiary/aromatic N) is 1. The van der Waals surface area contributed by atoms with Crippen molar-refractivity contribution in [2.75, 3.05) is 0 Å². The number of benzene rings is 1. The second-order valence-electron chi connectivity index (χ2n) is 3.74. The maximum absolute atomic E-state index is 6.04. The molecule has 15 heavy (non-hydrogen) atoms. The van der Waals surface area contributed by atoms with Crippen molar-refractivity contribution in [1.82, 2.24) is 4.98 Å². The molecule has 0 spiro atoms. The Hall–Kier alpha value is -1.12. The SMILES string of the molecule is Cc1ccc(C)c2nc(Cl)c(CN)cc12. The van der Waals surface area contributed by atoms with Crippen LogP contribution in [-0.4, -0.2) is 4.98 Å². The van der Waals surface area contributed by atoms with E-state index in [4.69, 9.17) is 17.3 Å². The average Bonchev–Trinajstić information content (AvgIpc) is 2.23. The van der Waals surface area contributed by atoms with Gasteiger partial charge in [0.05, 0.1) is 5.52 Å². The molecule has 0 amide bonds. The van der Waals surface area contributed by atoms with Crippen LogP contribution in [0.4, 0.5) is 0 Å². The molecule has 1 aromatic heterocycles. The van der Waals surface area contributed by atoms with Gasteiger partial charge in [-0.3, -0.25) is 0 Å². The van der Waals surface area contributed by atoms with Crippen LogP contribution in [0, 0.1) is 13.8 Å². The summed E-state index contributed by atoms with van der Waals surface area (Å²) < 4.78 is 0. The number of aromatic nitrogens is 1. The molecule has 0 saturated heterocycles. The first-order valence-corrected chi connectivity index (χ1v) is 5.26. The van der Waals surface area contributed by atoms with E-state index in [1.807, 2.05) is 13.0 Å². The van der Waals surface area contributed by atoms with E-state index in [1.165, 1.54) is 5.56 Å². The fourth-order valence-electron chi connectivity index (χ4n) is 1.70. The quantitative estimate of drug-likeness (QED) is 0.751. The van der Waals surface area contributed by atoms with E-state index < -0.39 is 0 Å². The van der Waals surface area contributed by atoms with Crippen LogP contribution in [0.2, 0.25) is 5.15 Å². The Morgan fingerprint density at radius 1 is 1.27 bits per heavy atom. The number of halogens is 1. The predicted octanol–water partition coefficient (Wildman–Crippen LogP) is 2.96. The van der Waals surface area contributed by atoms with Crippen molar-refractivity contribution in [1.29, 1.82) is 0 Å². The molecule has 0 aliphatic heterocycles. The van der Waals surface area contributed by atoms with Gasteiger partial charge in [0.2, 0.25) is 0 Å². The maximum atomic E-state index is 6.04. The molecule has 0 atom stereocenters. The minimum atomic E-state index is 0.426. The van der Waals surface area contributed by atoms with Gasteiger partial charge in [0, 0.05) is 17.5 Å². The summed E-state index contributed by atoms with van der Waals surface area (Å²) >= 11 is 6.04. The van der Waals surface area contributed by atoms with Crippen LogP contribution >= 0.6 is 11.6 Å². The Morgan fingerprint density at radius 2 is 1.93 bits per heavy atom. The number of hydrogen-bond acceptors (Lipinski definition) is 2. The van der Waals surface area contributed by atoms with E-state index in [2.05, 4.69) is 24.0 Å². The topological polar surface area (TPSA) is 38.9 Å². The number of fused-ring (bicyclic) bond motifs is 1. The number of hydrogen-bond donors (Lipinski definition) is 1. The van der Waals surface area contributed by atoms with Crippen molar-refractivity contribution >= 4 is 22.5 Å². The van der Waals surface area contributed by atoms with Crippen molar-refractivity contribution in [2.45, 2.75) is 20.4 Å². The lowest BCUT2D eigenvalue weighted by atomic mass is 10.0. The van der Waals surface area contributed by atoms with Gasteiger partial charge in [-0.2, -0.15) is 0 Å². The minimum Gasteiger partial charge on any atom is -0.326 e. The zero-order chi connectivity index (χ0) is 11.0. The van der Waals surface area contributed by atoms with Crippen molar-refractivity contribution in [3.05, 3.63) is 40.0 Å². The third-order valence-corrected chi connectivity index (χ3v) is 2.98. The highest BCUT2D eigenvalue weighted by Gasteiger charge is 2.07. The average molecular weight is 221 g/mol. The van der Waals surface area contributed by atoms with Crippen molar-refractivity contribution in [3.8, 4) is 0 Å². The molecule has 0 fully saturated rings. The summed E-state index contributed by atoms with van der Waals surface area (Å²) in [5.41, 5.74) is 9.82. The smallest absolute Gasteiger partial charge is 0.134 e. The minimum absolute atomic E-state index is 0.426. The van der Waals surface area contributed by atoms with Crippen molar-refractivity contribution < 1.29 is 0 Å². The zero-order valence-corrected chi connectivity index (χ0v) is 9.60. The molecule has 2 nitrogen and oxygen atoms in total. The first-order chi connectivity index (χ1) is 7.13. The fraction of sp³-hybridized carbons (Fsp3) is 0.250. The van der Waals surface area contributed by atoms with Crippen LogP contribution in [0.15, 0.2) is 18.2 Å². The number of nitrogens with two attached hydrogens (primary N) is 1. The van der Waals surface area contributed by atoms with Gasteiger partial charge in [-0.05, 0) is 31.0 Å². The molecule has 0 unspecified atom stereocenters. The normalized spacial score (nSPS) is 10.9. The Labute approximate surface area is 94.1 Å². The van der Waals surface area contributed by atoms with Crippen LogP contribution in [0.3, 0.4) is 0 Å². The first-order valence-electron chi connectivity index (χ1n) is 4.89. The molecule has 3 heteroatoms. The van der Waals surface area contributed by atoms with E-state index in [-0.39, 0.29) is 0 Å². The van der Waals surface area contributed by atoms with E-state index in [9.17, 15) is 0 Å². The van der Waals surface area contributed by atoms with Crippen molar-refractivity contribution in [3.63, 3.8) is 0 Å². The lowest BCUT2D eigenvalue weighted by molar-refractivity contribution is 1.06. The third kappa shape index (κ3) is 1.71. The molecule has 0 saturated carbocycles. The molecule has 0 bridgehead atoms. The highest BCUT2D eigenvalue weighted by Crippen LogP contribution is 2.25. The molecule has 0 aliphatic carbocycles.